The highest BCUT2D eigenvalue weighted by atomic mass is 19.4. The Morgan fingerprint density at radius 1 is 1.06 bits per heavy atom. The minimum Gasteiger partial charge on any atom is -0.461 e. The van der Waals surface area contributed by atoms with E-state index in [0.717, 1.165) is 12.1 Å². The number of nitrogens with zero attached hydrogens (tertiary/aromatic N) is 2. The number of ether oxygens (including phenoxy) is 1. The van der Waals surface area contributed by atoms with Gasteiger partial charge in [0.2, 0.25) is 11.7 Å². The number of anilines is 1. The molecule has 4 aromatic rings. The molecule has 0 aliphatic heterocycles. The maximum absolute atomic E-state index is 12.6. The molecule has 1 amide bonds. The van der Waals surface area contributed by atoms with E-state index in [-0.39, 0.29) is 12.0 Å². The minimum absolute atomic E-state index is 0.00875. The third-order valence-electron chi connectivity index (χ3n) is 4.15. The van der Waals surface area contributed by atoms with Crippen molar-refractivity contribution in [2.75, 3.05) is 5.32 Å². The second-order valence-electron chi connectivity index (χ2n) is 6.35. The Bertz CT molecular complexity index is 1190. The minimum atomic E-state index is -4.85. The highest BCUT2D eigenvalue weighted by Crippen LogP contribution is 2.25. The zero-order chi connectivity index (χ0) is 21.8. The molecule has 1 N–H and O–H groups in total. The highest BCUT2D eigenvalue weighted by molar-refractivity contribution is 6.04. The van der Waals surface area contributed by atoms with Crippen LogP contribution in [0.5, 0.6) is 5.75 Å². The number of aromatic nitrogens is 2. The van der Waals surface area contributed by atoms with Crippen molar-refractivity contribution in [3.8, 4) is 17.3 Å². The normalized spacial score (nSPS) is 11.3. The zero-order valence-electron chi connectivity index (χ0n) is 15.7. The SMILES string of the molecule is O=C(Nc1ccccc1Cc1nc(-c2ccco2)no1)c1cccc(OC(F)(F)F)c1. The van der Waals surface area contributed by atoms with Gasteiger partial charge in [-0.1, -0.05) is 29.4 Å². The number of rotatable bonds is 6. The number of carbonyl (C=O) groups is 1. The van der Waals surface area contributed by atoms with Crippen molar-refractivity contribution in [2.24, 2.45) is 0 Å². The molecule has 7 nitrogen and oxygen atoms in total. The molecule has 0 fully saturated rings. The van der Waals surface area contributed by atoms with Crippen molar-refractivity contribution in [2.45, 2.75) is 12.8 Å². The molecule has 0 radical (unpaired) electrons. The lowest BCUT2D eigenvalue weighted by Gasteiger charge is -2.12. The van der Waals surface area contributed by atoms with Gasteiger partial charge in [-0.3, -0.25) is 4.79 Å². The zero-order valence-corrected chi connectivity index (χ0v) is 15.7. The Hall–Kier alpha value is -4.08. The molecule has 0 saturated heterocycles. The second-order valence-corrected chi connectivity index (χ2v) is 6.35. The number of halogens is 3. The molecule has 0 bridgehead atoms. The predicted octanol–water partition coefficient (Wildman–Crippen LogP) is 5.07. The molecule has 0 aliphatic carbocycles. The molecule has 0 unspecified atom stereocenters. The van der Waals surface area contributed by atoms with Gasteiger partial charge in [0.05, 0.1) is 12.7 Å². The van der Waals surface area contributed by atoms with E-state index in [1.54, 1.807) is 36.4 Å². The van der Waals surface area contributed by atoms with Gasteiger partial charge in [0.1, 0.15) is 5.75 Å². The first-order valence-electron chi connectivity index (χ1n) is 8.99. The molecule has 31 heavy (non-hydrogen) atoms. The average Bonchev–Trinajstić information content (AvgIpc) is 3.40. The second kappa shape index (κ2) is 8.34. The van der Waals surface area contributed by atoms with Crippen molar-refractivity contribution in [1.82, 2.24) is 10.1 Å². The van der Waals surface area contributed by atoms with Crippen LogP contribution in [-0.2, 0) is 6.42 Å². The molecular formula is C21H14F3N3O4. The fourth-order valence-electron chi connectivity index (χ4n) is 2.82. The third-order valence-corrected chi connectivity index (χ3v) is 4.15. The molecule has 2 aromatic heterocycles. The molecule has 0 aliphatic rings. The van der Waals surface area contributed by atoms with Gasteiger partial charge < -0.3 is 19.0 Å². The number of hydrogen-bond acceptors (Lipinski definition) is 6. The topological polar surface area (TPSA) is 90.4 Å². The summed E-state index contributed by atoms with van der Waals surface area (Å²) in [5, 5.41) is 6.55. The summed E-state index contributed by atoms with van der Waals surface area (Å²) >= 11 is 0. The van der Waals surface area contributed by atoms with Crippen LogP contribution in [0.2, 0.25) is 0 Å². The third kappa shape index (κ3) is 5.10. The van der Waals surface area contributed by atoms with Crippen LogP contribution in [0, 0.1) is 0 Å². The lowest BCUT2D eigenvalue weighted by Crippen LogP contribution is -2.18. The van der Waals surface area contributed by atoms with E-state index in [2.05, 4.69) is 20.2 Å². The van der Waals surface area contributed by atoms with E-state index >= 15 is 0 Å². The monoisotopic (exact) mass is 429 g/mol. The van der Waals surface area contributed by atoms with Crippen LogP contribution in [0.25, 0.3) is 11.6 Å². The van der Waals surface area contributed by atoms with E-state index in [4.69, 9.17) is 8.94 Å². The first kappa shape index (κ1) is 20.2. The van der Waals surface area contributed by atoms with Crippen LogP contribution in [0.15, 0.2) is 75.9 Å². The summed E-state index contributed by atoms with van der Waals surface area (Å²) in [5.74, 6) is -0.0270. The summed E-state index contributed by atoms with van der Waals surface area (Å²) in [7, 11) is 0. The van der Waals surface area contributed by atoms with Crippen LogP contribution in [0.3, 0.4) is 0 Å². The molecule has 158 valence electrons. The molecule has 0 spiro atoms. The van der Waals surface area contributed by atoms with Gasteiger partial charge in [-0.2, -0.15) is 4.98 Å². The van der Waals surface area contributed by atoms with Crippen LogP contribution in [0.1, 0.15) is 21.8 Å². The van der Waals surface area contributed by atoms with Crippen LogP contribution in [-0.4, -0.2) is 22.4 Å². The van der Waals surface area contributed by atoms with Crippen molar-refractivity contribution in [3.63, 3.8) is 0 Å². The van der Waals surface area contributed by atoms with E-state index in [1.165, 1.54) is 18.4 Å². The molecule has 0 atom stereocenters. The van der Waals surface area contributed by atoms with E-state index in [1.807, 2.05) is 0 Å². The molecule has 4 rings (SSSR count). The molecule has 10 heteroatoms. The van der Waals surface area contributed by atoms with Crippen LogP contribution >= 0.6 is 0 Å². The Balaban J connectivity index is 1.50. The van der Waals surface area contributed by atoms with Crippen molar-refractivity contribution < 1.29 is 31.6 Å². The fraction of sp³-hybridized carbons (Fsp3) is 0.0952. The van der Waals surface area contributed by atoms with Gasteiger partial charge in [-0.15, -0.1) is 13.2 Å². The number of carbonyl (C=O) groups excluding carboxylic acids is 1. The van der Waals surface area contributed by atoms with Gasteiger partial charge in [0.15, 0.2) is 5.76 Å². The summed E-state index contributed by atoms with van der Waals surface area (Å²) in [6.07, 6.45) is -3.13. The van der Waals surface area contributed by atoms with Gasteiger partial charge in [-0.25, -0.2) is 0 Å². The van der Waals surface area contributed by atoms with E-state index in [0.29, 0.717) is 28.7 Å². The number of hydrogen-bond donors (Lipinski definition) is 1. The molecule has 2 aromatic carbocycles. The summed E-state index contributed by atoms with van der Waals surface area (Å²) in [6, 6.07) is 15.1. The first-order chi connectivity index (χ1) is 14.9. The summed E-state index contributed by atoms with van der Waals surface area (Å²) in [5.41, 5.74) is 1.13. The molecule has 2 heterocycles. The maximum atomic E-state index is 12.6. The van der Waals surface area contributed by atoms with Gasteiger partial charge in [-0.05, 0) is 42.0 Å². The van der Waals surface area contributed by atoms with Crippen LogP contribution in [0.4, 0.5) is 18.9 Å². The van der Waals surface area contributed by atoms with Gasteiger partial charge in [0, 0.05) is 11.3 Å². The molecular weight excluding hydrogens is 415 g/mol. The Labute approximate surface area is 173 Å². The van der Waals surface area contributed by atoms with Crippen molar-refractivity contribution in [3.05, 3.63) is 83.9 Å². The maximum Gasteiger partial charge on any atom is 0.573 e. The Morgan fingerprint density at radius 2 is 1.90 bits per heavy atom. The molecule has 0 saturated carbocycles. The summed E-state index contributed by atoms with van der Waals surface area (Å²) < 4.78 is 51.6. The first-order valence-corrected chi connectivity index (χ1v) is 8.99. The summed E-state index contributed by atoms with van der Waals surface area (Å²) in [6.45, 7) is 0. The number of benzene rings is 2. The number of amides is 1. The fourth-order valence-corrected chi connectivity index (χ4v) is 2.82. The largest absolute Gasteiger partial charge is 0.573 e. The van der Waals surface area contributed by atoms with Gasteiger partial charge in [0.25, 0.3) is 5.91 Å². The smallest absolute Gasteiger partial charge is 0.461 e. The lowest BCUT2D eigenvalue weighted by molar-refractivity contribution is -0.274. The highest BCUT2D eigenvalue weighted by Gasteiger charge is 2.31. The lowest BCUT2D eigenvalue weighted by atomic mass is 10.1. The number of furan rings is 1. The standard InChI is InChI=1S/C21H14F3N3O4/c22-21(23,24)30-15-7-3-6-14(11-15)20(28)25-16-8-2-1-5-13(16)12-18-26-19(27-31-18)17-9-4-10-29-17/h1-11H,12H2,(H,25,28). The number of alkyl halides is 3. The average molecular weight is 429 g/mol. The van der Waals surface area contributed by atoms with Crippen molar-refractivity contribution >= 4 is 11.6 Å². The van der Waals surface area contributed by atoms with E-state index in [9.17, 15) is 18.0 Å². The van der Waals surface area contributed by atoms with Crippen molar-refractivity contribution in [1.29, 1.82) is 0 Å². The summed E-state index contributed by atoms with van der Waals surface area (Å²) in [4.78, 5) is 16.8. The van der Waals surface area contributed by atoms with Crippen LogP contribution < -0.4 is 10.1 Å². The number of para-hydroxylation sites is 1. The van der Waals surface area contributed by atoms with E-state index < -0.39 is 18.0 Å². The van der Waals surface area contributed by atoms with Gasteiger partial charge >= 0.3 is 6.36 Å². The Kier molecular flexibility index (Phi) is 5.44. The quantitative estimate of drug-likeness (QED) is 0.460. The predicted molar refractivity (Wildman–Crippen MR) is 102 cm³/mol. The Morgan fingerprint density at radius 3 is 2.68 bits per heavy atom. The number of nitrogens with one attached hydrogen (secondary N) is 1.